The van der Waals surface area contributed by atoms with E-state index in [1.807, 2.05) is 18.2 Å². The van der Waals surface area contributed by atoms with Crippen molar-refractivity contribution >= 4 is 23.5 Å². The van der Waals surface area contributed by atoms with Gasteiger partial charge in [0.25, 0.3) is 0 Å². The van der Waals surface area contributed by atoms with Crippen LogP contribution >= 0.6 is 0 Å². The number of fused-ring (bicyclic) bond motifs is 1. The summed E-state index contributed by atoms with van der Waals surface area (Å²) in [6.45, 7) is 2.60. The van der Waals surface area contributed by atoms with Gasteiger partial charge in [-0.3, -0.25) is 9.59 Å². The van der Waals surface area contributed by atoms with Gasteiger partial charge in [0.05, 0.1) is 19.6 Å². The number of benzene rings is 1. The van der Waals surface area contributed by atoms with Crippen molar-refractivity contribution in [1.29, 1.82) is 0 Å². The maximum absolute atomic E-state index is 12.3. The van der Waals surface area contributed by atoms with E-state index < -0.39 is 11.9 Å². The first-order chi connectivity index (χ1) is 11.0. The number of nitrogens with one attached hydrogen (secondary N) is 1. The van der Waals surface area contributed by atoms with Crippen LogP contribution in [0.5, 0.6) is 0 Å². The number of carbonyl (C=O) groups is 3. The Hall–Kier alpha value is -2.37. The molecular weight excluding hydrogens is 296 g/mol. The van der Waals surface area contributed by atoms with Crippen LogP contribution in [0.4, 0.5) is 5.69 Å². The first kappa shape index (κ1) is 15.5. The number of ether oxygens (including phenoxy) is 1. The summed E-state index contributed by atoms with van der Waals surface area (Å²) >= 11 is 0. The molecule has 0 aromatic heterocycles. The van der Waals surface area contributed by atoms with E-state index in [0.717, 1.165) is 29.7 Å². The van der Waals surface area contributed by atoms with Crippen LogP contribution in [0.2, 0.25) is 0 Å². The molecule has 1 aromatic rings. The summed E-state index contributed by atoms with van der Waals surface area (Å²) in [5.41, 5.74) is 2.73. The van der Waals surface area contributed by atoms with Crippen molar-refractivity contribution in [3.05, 3.63) is 29.3 Å². The van der Waals surface area contributed by atoms with E-state index in [1.165, 1.54) is 7.11 Å². The van der Waals surface area contributed by atoms with E-state index in [0.29, 0.717) is 18.9 Å². The van der Waals surface area contributed by atoms with Crippen LogP contribution in [0, 0.1) is 5.92 Å². The molecule has 3 rings (SSSR count). The molecule has 6 heteroatoms. The minimum atomic E-state index is -0.831. The van der Waals surface area contributed by atoms with Crippen LogP contribution in [0.1, 0.15) is 36.9 Å². The third kappa shape index (κ3) is 2.93. The van der Waals surface area contributed by atoms with Crippen LogP contribution in [0.3, 0.4) is 0 Å². The number of amides is 2. The van der Waals surface area contributed by atoms with Crippen LogP contribution in [-0.2, 0) is 25.5 Å². The molecule has 2 aliphatic heterocycles. The highest BCUT2D eigenvalue weighted by molar-refractivity contribution is 6.32. The summed E-state index contributed by atoms with van der Waals surface area (Å²) in [7, 11) is 1.22. The normalized spacial score (nSPS) is 23.2. The monoisotopic (exact) mass is 316 g/mol. The van der Waals surface area contributed by atoms with E-state index in [2.05, 4.69) is 17.0 Å². The second-order valence-corrected chi connectivity index (χ2v) is 6.29. The third-order valence-corrected chi connectivity index (χ3v) is 4.58. The number of likely N-dealkylation sites (tertiary alicyclic amines) is 1. The Bertz CT molecular complexity index is 671. The van der Waals surface area contributed by atoms with Gasteiger partial charge in [0.1, 0.15) is 0 Å². The Labute approximate surface area is 134 Å². The van der Waals surface area contributed by atoms with Crippen molar-refractivity contribution in [3.63, 3.8) is 0 Å². The summed E-state index contributed by atoms with van der Waals surface area (Å²) in [5.74, 6) is -1.10. The predicted molar refractivity (Wildman–Crippen MR) is 83.6 cm³/mol. The van der Waals surface area contributed by atoms with Gasteiger partial charge in [-0.05, 0) is 36.0 Å². The SMILES string of the molecule is COC(=O)C(=O)N1CC(C)CCC1c1ccc2c(c1)CC(=O)N2. The lowest BCUT2D eigenvalue weighted by molar-refractivity contribution is -0.160. The molecule has 6 nitrogen and oxygen atoms in total. The molecule has 1 aromatic carbocycles. The van der Waals surface area contributed by atoms with Crippen LogP contribution in [0.15, 0.2) is 18.2 Å². The molecule has 2 unspecified atom stereocenters. The number of piperidine rings is 1. The zero-order valence-electron chi connectivity index (χ0n) is 13.3. The molecule has 1 N–H and O–H groups in total. The maximum Gasteiger partial charge on any atom is 0.396 e. The molecule has 1 saturated heterocycles. The van der Waals surface area contributed by atoms with Crippen LogP contribution in [-0.4, -0.2) is 36.3 Å². The number of methoxy groups -OCH3 is 1. The number of esters is 1. The first-order valence-corrected chi connectivity index (χ1v) is 7.81. The van der Waals surface area contributed by atoms with Gasteiger partial charge < -0.3 is 15.0 Å². The lowest BCUT2D eigenvalue weighted by Crippen LogP contribution is -2.45. The van der Waals surface area contributed by atoms with Crippen LogP contribution < -0.4 is 5.32 Å². The lowest BCUT2D eigenvalue weighted by atomic mass is 9.89. The fraction of sp³-hybridized carbons (Fsp3) is 0.471. The van der Waals surface area contributed by atoms with Crippen molar-refractivity contribution in [3.8, 4) is 0 Å². The zero-order valence-corrected chi connectivity index (χ0v) is 13.3. The Morgan fingerprint density at radius 2 is 2.09 bits per heavy atom. The second kappa shape index (κ2) is 6.02. The van der Waals surface area contributed by atoms with Gasteiger partial charge in [-0.2, -0.15) is 0 Å². The lowest BCUT2D eigenvalue weighted by Gasteiger charge is -2.38. The summed E-state index contributed by atoms with van der Waals surface area (Å²) < 4.78 is 4.59. The number of rotatable bonds is 1. The third-order valence-electron chi connectivity index (χ3n) is 4.58. The molecule has 2 amide bonds. The summed E-state index contributed by atoms with van der Waals surface area (Å²) in [4.78, 5) is 37.1. The highest BCUT2D eigenvalue weighted by atomic mass is 16.5. The topological polar surface area (TPSA) is 75.7 Å². The first-order valence-electron chi connectivity index (χ1n) is 7.81. The Kier molecular flexibility index (Phi) is 4.07. The Morgan fingerprint density at radius 3 is 2.83 bits per heavy atom. The zero-order chi connectivity index (χ0) is 16.6. The largest absolute Gasteiger partial charge is 0.462 e. The van der Waals surface area contributed by atoms with Gasteiger partial charge in [0.2, 0.25) is 5.91 Å². The van der Waals surface area contributed by atoms with Crippen molar-refractivity contribution in [1.82, 2.24) is 4.90 Å². The van der Waals surface area contributed by atoms with Gasteiger partial charge in [-0.1, -0.05) is 19.1 Å². The number of anilines is 1. The Morgan fingerprint density at radius 1 is 1.30 bits per heavy atom. The molecule has 2 heterocycles. The van der Waals surface area contributed by atoms with Crippen molar-refractivity contribution in [2.24, 2.45) is 5.92 Å². The number of nitrogens with zero attached hydrogens (tertiary/aromatic N) is 1. The maximum atomic E-state index is 12.3. The minimum Gasteiger partial charge on any atom is -0.462 e. The number of carbonyl (C=O) groups excluding carboxylic acids is 3. The number of hydrogen-bond acceptors (Lipinski definition) is 4. The highest BCUT2D eigenvalue weighted by Crippen LogP contribution is 2.36. The van der Waals surface area contributed by atoms with Crippen molar-refractivity contribution < 1.29 is 19.1 Å². The van der Waals surface area contributed by atoms with Gasteiger partial charge in [-0.15, -0.1) is 0 Å². The standard InChI is InChI=1S/C17H20N2O4/c1-10-3-6-14(19(9-10)16(21)17(22)23-2)11-4-5-13-12(7-11)8-15(20)18-13/h4-5,7,10,14H,3,6,8-9H2,1-2H3,(H,18,20). The average Bonchev–Trinajstić information content (AvgIpc) is 2.92. The van der Waals surface area contributed by atoms with Gasteiger partial charge in [-0.25, -0.2) is 4.79 Å². The van der Waals surface area contributed by atoms with Gasteiger partial charge in [0.15, 0.2) is 0 Å². The molecule has 122 valence electrons. The molecule has 0 saturated carbocycles. The Balaban J connectivity index is 1.90. The fourth-order valence-electron chi connectivity index (χ4n) is 3.38. The average molecular weight is 316 g/mol. The highest BCUT2D eigenvalue weighted by Gasteiger charge is 2.35. The van der Waals surface area contributed by atoms with E-state index >= 15 is 0 Å². The van der Waals surface area contributed by atoms with E-state index in [4.69, 9.17) is 0 Å². The smallest absolute Gasteiger partial charge is 0.396 e. The quantitative estimate of drug-likeness (QED) is 0.631. The molecule has 0 aliphatic carbocycles. The second-order valence-electron chi connectivity index (χ2n) is 6.29. The molecular formula is C17H20N2O4. The van der Waals surface area contributed by atoms with Gasteiger partial charge in [0, 0.05) is 12.2 Å². The number of hydrogen-bond donors (Lipinski definition) is 1. The van der Waals surface area contributed by atoms with Crippen molar-refractivity contribution in [2.75, 3.05) is 19.0 Å². The summed E-state index contributed by atoms with van der Waals surface area (Å²) in [5, 5.41) is 2.80. The molecule has 0 bridgehead atoms. The fourth-order valence-corrected chi connectivity index (χ4v) is 3.38. The molecule has 0 spiro atoms. The molecule has 2 aliphatic rings. The molecule has 2 atom stereocenters. The predicted octanol–water partition coefficient (Wildman–Crippen LogP) is 1.65. The van der Waals surface area contributed by atoms with E-state index in [1.54, 1.807) is 4.90 Å². The molecule has 1 fully saturated rings. The van der Waals surface area contributed by atoms with E-state index in [-0.39, 0.29) is 11.9 Å². The van der Waals surface area contributed by atoms with Crippen molar-refractivity contribution in [2.45, 2.75) is 32.2 Å². The summed E-state index contributed by atoms with van der Waals surface area (Å²) in [6.07, 6.45) is 2.14. The van der Waals surface area contributed by atoms with E-state index in [9.17, 15) is 14.4 Å². The van der Waals surface area contributed by atoms with Gasteiger partial charge >= 0.3 is 11.9 Å². The molecule has 0 radical (unpaired) electrons. The van der Waals surface area contributed by atoms with Crippen LogP contribution in [0.25, 0.3) is 0 Å². The minimum absolute atomic E-state index is 0.0168. The summed E-state index contributed by atoms with van der Waals surface area (Å²) in [6, 6.07) is 5.60. The molecule has 23 heavy (non-hydrogen) atoms.